The lowest BCUT2D eigenvalue weighted by Crippen LogP contribution is -2.43. The van der Waals surface area contributed by atoms with Crippen LogP contribution in [0.5, 0.6) is 0 Å². The van der Waals surface area contributed by atoms with Crippen LogP contribution >= 0.6 is 0 Å². The van der Waals surface area contributed by atoms with Crippen LogP contribution in [0, 0.1) is 0 Å². The summed E-state index contributed by atoms with van der Waals surface area (Å²) in [5.74, 6) is 0. The molecule has 0 aromatic carbocycles. The van der Waals surface area contributed by atoms with Gasteiger partial charge in [-0.15, -0.1) is 0 Å². The fraction of sp³-hybridized carbons (Fsp3) is 0.857. The van der Waals surface area contributed by atoms with Crippen molar-refractivity contribution in [3.63, 3.8) is 0 Å². The van der Waals surface area contributed by atoms with Gasteiger partial charge >= 0.3 is 0 Å². The quantitative estimate of drug-likeness (QED) is 0.638. The molecule has 1 heterocycles. The van der Waals surface area contributed by atoms with E-state index >= 15 is 0 Å². The molecule has 90 valence electrons. The van der Waals surface area contributed by atoms with Gasteiger partial charge in [0.2, 0.25) is 0 Å². The van der Waals surface area contributed by atoms with E-state index in [1.807, 2.05) is 0 Å². The number of ether oxygens (including phenoxy) is 1. The summed E-state index contributed by atoms with van der Waals surface area (Å²) in [6.45, 7) is 0.952. The smallest absolute Gasteiger partial charge is 0.0719 e. The van der Waals surface area contributed by atoms with Gasteiger partial charge in [-0.2, -0.15) is 0 Å². The zero-order valence-corrected chi connectivity index (χ0v) is 10.1. The molecule has 1 spiro atoms. The Balaban J connectivity index is 1.74. The molecule has 16 heavy (non-hydrogen) atoms. The van der Waals surface area contributed by atoms with E-state index in [1.54, 1.807) is 11.1 Å². The molecule has 0 radical (unpaired) electrons. The summed E-state index contributed by atoms with van der Waals surface area (Å²) in [5.41, 5.74) is 9.74. The molecule has 2 heteroatoms. The molecular weight excluding hydrogens is 198 g/mol. The van der Waals surface area contributed by atoms with E-state index < -0.39 is 0 Å². The van der Waals surface area contributed by atoms with Crippen molar-refractivity contribution in [1.29, 1.82) is 0 Å². The molecule has 2 N–H and O–H groups in total. The molecule has 3 fully saturated rings. The molecule has 1 aliphatic heterocycles. The van der Waals surface area contributed by atoms with Crippen molar-refractivity contribution in [2.45, 2.75) is 69.4 Å². The van der Waals surface area contributed by atoms with Crippen LogP contribution in [-0.4, -0.2) is 18.2 Å². The van der Waals surface area contributed by atoms with Gasteiger partial charge in [-0.3, -0.25) is 0 Å². The van der Waals surface area contributed by atoms with Gasteiger partial charge in [0.25, 0.3) is 0 Å². The summed E-state index contributed by atoms with van der Waals surface area (Å²) in [6, 6.07) is 0.427. The van der Waals surface area contributed by atoms with Gasteiger partial charge in [-0.25, -0.2) is 0 Å². The van der Waals surface area contributed by atoms with Crippen LogP contribution in [0.1, 0.15) is 57.8 Å². The Morgan fingerprint density at radius 3 is 2.69 bits per heavy atom. The molecule has 2 aliphatic carbocycles. The van der Waals surface area contributed by atoms with Gasteiger partial charge in [0.05, 0.1) is 12.2 Å². The first-order valence-corrected chi connectivity index (χ1v) is 6.87. The molecule has 3 aliphatic rings. The van der Waals surface area contributed by atoms with Crippen molar-refractivity contribution in [3.05, 3.63) is 11.1 Å². The van der Waals surface area contributed by atoms with Crippen LogP contribution in [0.3, 0.4) is 0 Å². The number of hydrogen-bond acceptors (Lipinski definition) is 2. The molecule has 3 rings (SSSR count). The standard InChI is InChI=1S/C14H23NO/c15-13-4-1-3-11(9-13)12-5-8-16-14(10-12)6-2-7-14/h13H,1-10,15H2. The normalized spacial score (nSPS) is 38.4. The second kappa shape index (κ2) is 4.15. The van der Waals surface area contributed by atoms with Crippen LogP contribution in [-0.2, 0) is 4.74 Å². The Bertz CT molecular complexity index is 304. The minimum absolute atomic E-state index is 0.266. The van der Waals surface area contributed by atoms with Crippen LogP contribution in [0.2, 0.25) is 0 Å². The summed E-state index contributed by atoms with van der Waals surface area (Å²) >= 11 is 0. The lowest BCUT2D eigenvalue weighted by atomic mass is 9.72. The number of nitrogens with two attached hydrogens (primary N) is 1. The fourth-order valence-corrected chi connectivity index (χ4v) is 3.53. The molecule has 1 unspecified atom stereocenters. The number of rotatable bonds is 0. The van der Waals surface area contributed by atoms with Crippen LogP contribution in [0.15, 0.2) is 11.1 Å². The zero-order chi connectivity index (χ0) is 11.0. The SMILES string of the molecule is NC1CCCC(=C2CCOC3(CCC3)C2)C1. The van der Waals surface area contributed by atoms with E-state index in [-0.39, 0.29) is 5.60 Å². The molecule has 2 nitrogen and oxygen atoms in total. The van der Waals surface area contributed by atoms with Crippen LogP contribution in [0.25, 0.3) is 0 Å². The first-order valence-electron chi connectivity index (χ1n) is 6.87. The van der Waals surface area contributed by atoms with Crippen molar-refractivity contribution in [2.75, 3.05) is 6.61 Å². The van der Waals surface area contributed by atoms with E-state index in [0.29, 0.717) is 6.04 Å². The molecule has 0 amide bonds. The Labute approximate surface area is 98.2 Å². The zero-order valence-electron chi connectivity index (χ0n) is 10.1. The van der Waals surface area contributed by atoms with Gasteiger partial charge in [-0.1, -0.05) is 11.1 Å². The van der Waals surface area contributed by atoms with Gasteiger partial charge < -0.3 is 10.5 Å². The molecule has 0 aromatic rings. The summed E-state index contributed by atoms with van der Waals surface area (Å²) in [4.78, 5) is 0. The van der Waals surface area contributed by atoms with Crippen LogP contribution in [0.4, 0.5) is 0 Å². The highest BCUT2D eigenvalue weighted by Crippen LogP contribution is 2.45. The Hall–Kier alpha value is -0.340. The monoisotopic (exact) mass is 221 g/mol. The van der Waals surface area contributed by atoms with E-state index in [2.05, 4.69) is 0 Å². The highest BCUT2D eigenvalue weighted by atomic mass is 16.5. The van der Waals surface area contributed by atoms with Gasteiger partial charge in [0.15, 0.2) is 0 Å². The average Bonchev–Trinajstić information content (AvgIpc) is 2.27. The first kappa shape index (κ1) is 10.8. The predicted molar refractivity (Wildman–Crippen MR) is 65.2 cm³/mol. The summed E-state index contributed by atoms with van der Waals surface area (Å²) in [6.07, 6.45) is 11.3. The minimum Gasteiger partial charge on any atom is -0.374 e. The lowest BCUT2D eigenvalue weighted by Gasteiger charge is -2.46. The highest BCUT2D eigenvalue weighted by Gasteiger charge is 2.41. The molecular formula is C14H23NO. The summed E-state index contributed by atoms with van der Waals surface area (Å²) in [5, 5.41) is 0. The minimum atomic E-state index is 0.266. The Morgan fingerprint density at radius 1 is 1.12 bits per heavy atom. The lowest BCUT2D eigenvalue weighted by molar-refractivity contribution is -0.113. The molecule has 1 atom stereocenters. The topological polar surface area (TPSA) is 35.2 Å². The second-order valence-corrected chi connectivity index (χ2v) is 5.88. The summed E-state index contributed by atoms with van der Waals surface area (Å²) in [7, 11) is 0. The van der Waals surface area contributed by atoms with Crippen LogP contribution < -0.4 is 5.73 Å². The van der Waals surface area contributed by atoms with Crippen molar-refractivity contribution < 1.29 is 4.74 Å². The van der Waals surface area contributed by atoms with E-state index in [0.717, 1.165) is 13.0 Å². The summed E-state index contributed by atoms with van der Waals surface area (Å²) < 4.78 is 5.98. The molecule has 0 aromatic heterocycles. The maximum atomic E-state index is 6.08. The maximum Gasteiger partial charge on any atom is 0.0719 e. The third-order valence-electron chi connectivity index (χ3n) is 4.67. The number of hydrogen-bond donors (Lipinski definition) is 1. The van der Waals surface area contributed by atoms with Crippen molar-refractivity contribution >= 4 is 0 Å². The largest absolute Gasteiger partial charge is 0.374 e. The Kier molecular flexibility index (Phi) is 2.80. The maximum absolute atomic E-state index is 6.08. The third kappa shape index (κ3) is 1.93. The highest BCUT2D eigenvalue weighted by molar-refractivity contribution is 5.22. The molecule has 2 saturated carbocycles. The van der Waals surface area contributed by atoms with E-state index in [4.69, 9.17) is 10.5 Å². The fourth-order valence-electron chi connectivity index (χ4n) is 3.53. The molecule has 1 saturated heterocycles. The van der Waals surface area contributed by atoms with E-state index in [1.165, 1.54) is 51.4 Å². The van der Waals surface area contributed by atoms with Gasteiger partial charge in [0.1, 0.15) is 0 Å². The predicted octanol–water partition coefficient (Wildman–Crippen LogP) is 2.92. The third-order valence-corrected chi connectivity index (χ3v) is 4.67. The average molecular weight is 221 g/mol. The Morgan fingerprint density at radius 2 is 2.00 bits per heavy atom. The van der Waals surface area contributed by atoms with Gasteiger partial charge in [0, 0.05) is 6.04 Å². The van der Waals surface area contributed by atoms with Crippen molar-refractivity contribution in [2.24, 2.45) is 5.73 Å². The second-order valence-electron chi connectivity index (χ2n) is 5.88. The molecule has 0 bridgehead atoms. The van der Waals surface area contributed by atoms with Gasteiger partial charge in [-0.05, 0) is 57.8 Å². The van der Waals surface area contributed by atoms with Crippen molar-refractivity contribution in [1.82, 2.24) is 0 Å². The first-order chi connectivity index (χ1) is 7.77. The van der Waals surface area contributed by atoms with Crippen molar-refractivity contribution in [3.8, 4) is 0 Å². The van der Waals surface area contributed by atoms with E-state index in [9.17, 15) is 0 Å².